The Kier molecular flexibility index (Phi) is 7.08. The number of aromatic carboxylic acids is 1. The number of carbonyl (C=O) groups is 3. The molecule has 2 aromatic rings. The highest BCUT2D eigenvalue weighted by atomic mass is 19.1. The van der Waals surface area contributed by atoms with Crippen molar-refractivity contribution in [3.05, 3.63) is 39.9 Å². The molecular weight excluding hydrogens is 425 g/mol. The average molecular weight is 449 g/mol. The number of pyridine rings is 1. The van der Waals surface area contributed by atoms with Crippen LogP contribution in [-0.4, -0.2) is 64.0 Å². The number of rotatable bonds is 6. The molecule has 4 N–H and O–H groups in total. The summed E-state index contributed by atoms with van der Waals surface area (Å²) in [6, 6.07) is 3.08. The standard InChI is InChI=1S/C17H18FN3O3.C4H6O4/c18-13-7-11-14(8-15(13)20-5-3-19-4-6-20)21(10-1-2-10)9-12(16(11)22)17(23)24;5-3(6)1-2-4(7)8/h7-10,19H,1-6H2,(H,23,24);1-2H2,(H,5,6)(H,7,8). The van der Waals surface area contributed by atoms with E-state index in [0.717, 1.165) is 25.9 Å². The van der Waals surface area contributed by atoms with Crippen molar-refractivity contribution in [3.63, 3.8) is 0 Å². The quantitative estimate of drug-likeness (QED) is 0.515. The minimum absolute atomic E-state index is 0.137. The van der Waals surface area contributed by atoms with Crippen molar-refractivity contribution in [3.8, 4) is 0 Å². The first-order valence-corrected chi connectivity index (χ1v) is 10.2. The monoisotopic (exact) mass is 449 g/mol. The van der Waals surface area contributed by atoms with Gasteiger partial charge in [-0.2, -0.15) is 0 Å². The van der Waals surface area contributed by atoms with Gasteiger partial charge >= 0.3 is 17.9 Å². The molecule has 0 atom stereocenters. The van der Waals surface area contributed by atoms with E-state index in [4.69, 9.17) is 10.2 Å². The first kappa shape index (κ1) is 23.2. The van der Waals surface area contributed by atoms with Gasteiger partial charge in [-0.1, -0.05) is 0 Å². The fourth-order valence-corrected chi connectivity index (χ4v) is 3.53. The van der Waals surface area contributed by atoms with Gasteiger partial charge in [0.2, 0.25) is 5.43 Å². The number of halogens is 1. The molecule has 1 aromatic carbocycles. The van der Waals surface area contributed by atoms with Crippen LogP contribution < -0.4 is 15.6 Å². The summed E-state index contributed by atoms with van der Waals surface area (Å²) in [5.41, 5.74) is 0.159. The number of piperazine rings is 1. The van der Waals surface area contributed by atoms with Crippen molar-refractivity contribution in [2.75, 3.05) is 31.1 Å². The van der Waals surface area contributed by atoms with Crippen LogP contribution in [-0.2, 0) is 9.59 Å². The smallest absolute Gasteiger partial charge is 0.341 e. The summed E-state index contributed by atoms with van der Waals surface area (Å²) in [4.78, 5) is 45.0. The van der Waals surface area contributed by atoms with Crippen molar-refractivity contribution in [2.24, 2.45) is 0 Å². The molecule has 0 bridgehead atoms. The van der Waals surface area contributed by atoms with E-state index in [0.29, 0.717) is 24.3 Å². The van der Waals surface area contributed by atoms with E-state index in [1.165, 1.54) is 12.3 Å². The molecule has 1 saturated carbocycles. The zero-order valence-electron chi connectivity index (χ0n) is 17.2. The normalized spacial score (nSPS) is 15.7. The number of fused-ring (bicyclic) bond motifs is 1. The highest BCUT2D eigenvalue weighted by Crippen LogP contribution is 2.38. The predicted molar refractivity (Wildman–Crippen MR) is 113 cm³/mol. The second-order valence-corrected chi connectivity index (χ2v) is 7.66. The maximum absolute atomic E-state index is 14.6. The molecule has 1 aliphatic carbocycles. The van der Waals surface area contributed by atoms with Crippen LogP contribution in [0.2, 0.25) is 0 Å². The Morgan fingerprint density at radius 2 is 1.62 bits per heavy atom. The molecule has 0 spiro atoms. The number of aliphatic carboxylic acids is 2. The van der Waals surface area contributed by atoms with Crippen molar-refractivity contribution in [2.45, 2.75) is 31.7 Å². The summed E-state index contributed by atoms with van der Waals surface area (Å²) >= 11 is 0. The van der Waals surface area contributed by atoms with Crippen LogP contribution in [0.5, 0.6) is 0 Å². The van der Waals surface area contributed by atoms with Crippen LogP contribution in [0.4, 0.5) is 10.1 Å². The molecule has 0 radical (unpaired) electrons. The molecule has 11 heteroatoms. The molecule has 0 unspecified atom stereocenters. The lowest BCUT2D eigenvalue weighted by Crippen LogP contribution is -2.43. The van der Waals surface area contributed by atoms with Crippen LogP contribution in [0.1, 0.15) is 42.1 Å². The summed E-state index contributed by atoms with van der Waals surface area (Å²) in [5.74, 6) is -3.91. The van der Waals surface area contributed by atoms with E-state index in [1.54, 1.807) is 6.07 Å². The summed E-state index contributed by atoms with van der Waals surface area (Å²) in [6.07, 6.45) is 2.70. The van der Waals surface area contributed by atoms with Crippen molar-refractivity contribution in [1.29, 1.82) is 0 Å². The lowest BCUT2D eigenvalue weighted by Gasteiger charge is -2.30. The van der Waals surface area contributed by atoms with Crippen LogP contribution in [0.25, 0.3) is 10.9 Å². The second kappa shape index (κ2) is 9.77. The van der Waals surface area contributed by atoms with E-state index in [9.17, 15) is 28.7 Å². The molecule has 0 amide bonds. The molecule has 1 saturated heterocycles. The number of carboxylic acids is 3. The Hall–Kier alpha value is -3.47. The van der Waals surface area contributed by atoms with Crippen LogP contribution in [0, 0.1) is 5.82 Å². The predicted octanol–water partition coefficient (Wildman–Crippen LogP) is 1.52. The molecule has 10 nitrogen and oxygen atoms in total. The van der Waals surface area contributed by atoms with Gasteiger partial charge in [-0.25, -0.2) is 9.18 Å². The maximum Gasteiger partial charge on any atom is 0.341 e. The minimum Gasteiger partial charge on any atom is -0.481 e. The van der Waals surface area contributed by atoms with E-state index in [1.807, 2.05) is 9.47 Å². The first-order valence-electron chi connectivity index (χ1n) is 10.2. The Morgan fingerprint density at radius 3 is 2.12 bits per heavy atom. The third kappa shape index (κ3) is 5.41. The highest BCUT2D eigenvalue weighted by Gasteiger charge is 2.28. The third-order valence-electron chi connectivity index (χ3n) is 5.28. The Bertz CT molecular complexity index is 1090. The topological polar surface area (TPSA) is 149 Å². The zero-order chi connectivity index (χ0) is 23.4. The van der Waals surface area contributed by atoms with Gasteiger partial charge in [0.1, 0.15) is 11.4 Å². The molecule has 1 aromatic heterocycles. The van der Waals surface area contributed by atoms with E-state index in [-0.39, 0.29) is 29.8 Å². The maximum atomic E-state index is 14.6. The Labute approximate surface area is 181 Å². The molecule has 32 heavy (non-hydrogen) atoms. The number of nitrogens with one attached hydrogen (secondary N) is 1. The number of carboxylic acid groups (broad SMARTS) is 3. The number of hydrogen-bond acceptors (Lipinski definition) is 6. The number of benzene rings is 1. The van der Waals surface area contributed by atoms with Gasteiger partial charge < -0.3 is 30.1 Å². The molecule has 1 aliphatic heterocycles. The van der Waals surface area contributed by atoms with Crippen molar-refractivity contribution >= 4 is 34.5 Å². The lowest BCUT2D eigenvalue weighted by molar-refractivity contribution is -0.143. The largest absolute Gasteiger partial charge is 0.481 e. The lowest BCUT2D eigenvalue weighted by atomic mass is 10.1. The van der Waals surface area contributed by atoms with Gasteiger partial charge in [0, 0.05) is 43.8 Å². The Morgan fingerprint density at radius 1 is 1.03 bits per heavy atom. The fourth-order valence-electron chi connectivity index (χ4n) is 3.53. The van der Waals surface area contributed by atoms with Gasteiger partial charge in [0.05, 0.1) is 24.0 Å². The van der Waals surface area contributed by atoms with Crippen LogP contribution in [0.3, 0.4) is 0 Å². The highest BCUT2D eigenvalue weighted by molar-refractivity contribution is 5.93. The number of aromatic nitrogens is 1. The Balaban J connectivity index is 0.000000312. The van der Waals surface area contributed by atoms with E-state index >= 15 is 0 Å². The number of anilines is 1. The fraction of sp³-hybridized carbons (Fsp3) is 0.429. The van der Waals surface area contributed by atoms with Crippen molar-refractivity contribution in [1.82, 2.24) is 9.88 Å². The minimum atomic E-state index is -1.28. The SMILES string of the molecule is O=C(O)CCC(=O)O.O=C(O)c1cn(C2CC2)c2cc(N3CCNCC3)c(F)cc2c1=O. The molecule has 2 heterocycles. The second-order valence-electron chi connectivity index (χ2n) is 7.66. The van der Waals surface area contributed by atoms with E-state index < -0.39 is 29.2 Å². The van der Waals surface area contributed by atoms with E-state index in [2.05, 4.69) is 5.32 Å². The summed E-state index contributed by atoms with van der Waals surface area (Å²) in [6.45, 7) is 2.96. The molecular formula is C21H24FN3O7. The van der Waals surface area contributed by atoms with Gasteiger partial charge in [-0.15, -0.1) is 0 Å². The molecule has 2 aliphatic rings. The summed E-state index contributed by atoms with van der Waals surface area (Å²) < 4.78 is 16.4. The zero-order valence-corrected chi connectivity index (χ0v) is 17.2. The molecule has 4 rings (SSSR count). The van der Waals surface area contributed by atoms with Crippen molar-refractivity contribution < 1.29 is 34.1 Å². The average Bonchev–Trinajstić information content (AvgIpc) is 3.58. The van der Waals surface area contributed by atoms with Crippen LogP contribution >= 0.6 is 0 Å². The van der Waals surface area contributed by atoms with Crippen LogP contribution in [0.15, 0.2) is 23.1 Å². The summed E-state index contributed by atoms with van der Waals surface area (Å²) in [7, 11) is 0. The number of hydrogen-bond donors (Lipinski definition) is 4. The van der Waals surface area contributed by atoms with Gasteiger partial charge in [0.15, 0.2) is 0 Å². The molecule has 2 fully saturated rings. The number of nitrogens with zero attached hydrogens (tertiary/aromatic N) is 2. The van der Waals surface area contributed by atoms with Gasteiger partial charge in [-0.3, -0.25) is 14.4 Å². The van der Waals surface area contributed by atoms with Gasteiger partial charge in [-0.05, 0) is 25.0 Å². The molecule has 172 valence electrons. The van der Waals surface area contributed by atoms with Gasteiger partial charge in [0.25, 0.3) is 0 Å². The third-order valence-corrected chi connectivity index (χ3v) is 5.28. The summed E-state index contributed by atoms with van der Waals surface area (Å²) in [5, 5.41) is 28.4. The first-order chi connectivity index (χ1) is 15.2.